The van der Waals surface area contributed by atoms with Gasteiger partial charge >= 0.3 is 7.60 Å². The lowest BCUT2D eigenvalue weighted by atomic mass is 10.2. The van der Waals surface area contributed by atoms with Gasteiger partial charge in [0.15, 0.2) is 0 Å². The molecule has 0 saturated carbocycles. The minimum atomic E-state index is -3.40. The summed E-state index contributed by atoms with van der Waals surface area (Å²) < 4.78 is 23.9. The molecule has 0 fully saturated rings. The molecule has 3 nitrogen and oxygen atoms in total. The third-order valence-corrected chi connectivity index (χ3v) is 5.14. The summed E-state index contributed by atoms with van der Waals surface area (Å²) in [6, 6.07) is 8.99. The number of benzene rings is 1. The van der Waals surface area contributed by atoms with Gasteiger partial charge in [-0.3, -0.25) is 4.52 Å². The van der Waals surface area contributed by atoms with Gasteiger partial charge in [0.2, 0.25) is 0 Å². The molecule has 1 aromatic rings. The summed E-state index contributed by atoms with van der Waals surface area (Å²) in [4.78, 5) is 0.607. The first kappa shape index (κ1) is 14.2. The Balaban J connectivity index is 2.32. The second-order valence-electron chi connectivity index (χ2n) is 3.93. The summed E-state index contributed by atoms with van der Waals surface area (Å²) in [7, 11) is -3.40. The molecule has 1 unspecified atom stereocenters. The zero-order valence-corrected chi connectivity index (χ0v) is 12.3. The SMILES string of the molecule is CCOP(=O)(Oc1ccccc1)C1=CC=CCC1=S. The predicted molar refractivity (Wildman–Crippen MR) is 80.7 cm³/mol. The molecule has 0 heterocycles. The highest BCUT2D eigenvalue weighted by molar-refractivity contribution is 7.82. The minimum Gasteiger partial charge on any atom is -0.421 e. The normalized spacial score (nSPS) is 17.7. The van der Waals surface area contributed by atoms with Crippen molar-refractivity contribution in [1.29, 1.82) is 0 Å². The fraction of sp³-hybridized carbons (Fsp3) is 0.214. The quantitative estimate of drug-likeness (QED) is 0.591. The van der Waals surface area contributed by atoms with E-state index in [-0.39, 0.29) is 0 Å². The number of allylic oxidation sites excluding steroid dienone is 4. The van der Waals surface area contributed by atoms with Crippen LogP contribution in [0.15, 0.2) is 53.9 Å². The van der Waals surface area contributed by atoms with Crippen molar-refractivity contribution in [3.63, 3.8) is 0 Å². The van der Waals surface area contributed by atoms with Gasteiger partial charge < -0.3 is 4.52 Å². The Bertz CT molecular complexity index is 563. The highest BCUT2D eigenvalue weighted by Crippen LogP contribution is 2.57. The molecule has 0 aliphatic heterocycles. The molecule has 1 aromatic carbocycles. The van der Waals surface area contributed by atoms with Crippen molar-refractivity contribution in [3.05, 3.63) is 53.9 Å². The zero-order chi connectivity index (χ0) is 13.7. The number of hydrogen-bond acceptors (Lipinski definition) is 4. The summed E-state index contributed by atoms with van der Waals surface area (Å²) in [5.41, 5.74) is 0. The van der Waals surface area contributed by atoms with Crippen LogP contribution in [0.4, 0.5) is 0 Å². The van der Waals surface area contributed by atoms with Gasteiger partial charge in [-0.15, -0.1) is 0 Å². The molecule has 0 amide bonds. The Labute approximate surface area is 118 Å². The van der Waals surface area contributed by atoms with Crippen molar-refractivity contribution in [1.82, 2.24) is 0 Å². The lowest BCUT2D eigenvalue weighted by Crippen LogP contribution is -2.09. The van der Waals surface area contributed by atoms with E-state index in [2.05, 4.69) is 0 Å². The Morgan fingerprint density at radius 1 is 1.32 bits per heavy atom. The van der Waals surface area contributed by atoms with Crippen LogP contribution >= 0.6 is 19.8 Å². The first-order valence-electron chi connectivity index (χ1n) is 6.05. The van der Waals surface area contributed by atoms with Gasteiger partial charge in [0.05, 0.1) is 11.9 Å². The van der Waals surface area contributed by atoms with Crippen LogP contribution in [0.2, 0.25) is 0 Å². The van der Waals surface area contributed by atoms with Crippen LogP contribution in [0, 0.1) is 0 Å². The van der Waals surface area contributed by atoms with Crippen LogP contribution in [-0.2, 0) is 9.09 Å². The molecule has 1 atom stereocenters. The van der Waals surface area contributed by atoms with Gasteiger partial charge in [-0.25, -0.2) is 4.57 Å². The highest BCUT2D eigenvalue weighted by atomic mass is 32.1. The minimum absolute atomic E-state index is 0.299. The molecular weight excluding hydrogens is 279 g/mol. The summed E-state index contributed by atoms with van der Waals surface area (Å²) >= 11 is 5.25. The van der Waals surface area contributed by atoms with Gasteiger partial charge in [-0.2, -0.15) is 0 Å². The van der Waals surface area contributed by atoms with E-state index in [1.54, 1.807) is 25.1 Å². The Hall–Kier alpha value is -1.22. The molecule has 1 aliphatic carbocycles. The highest BCUT2D eigenvalue weighted by Gasteiger charge is 2.34. The van der Waals surface area contributed by atoms with Crippen molar-refractivity contribution < 1.29 is 13.6 Å². The molecule has 5 heteroatoms. The smallest absolute Gasteiger partial charge is 0.411 e. The lowest BCUT2D eigenvalue weighted by Gasteiger charge is -2.22. The molecule has 0 spiro atoms. The zero-order valence-electron chi connectivity index (χ0n) is 10.6. The monoisotopic (exact) mass is 294 g/mol. The van der Waals surface area contributed by atoms with Crippen molar-refractivity contribution >= 4 is 24.7 Å². The molecule has 0 aromatic heterocycles. The van der Waals surface area contributed by atoms with Gasteiger partial charge in [0.1, 0.15) is 5.75 Å². The molecule has 0 radical (unpaired) electrons. The van der Waals surface area contributed by atoms with E-state index in [0.29, 0.717) is 29.0 Å². The fourth-order valence-electron chi connectivity index (χ4n) is 1.71. The average molecular weight is 294 g/mol. The van der Waals surface area contributed by atoms with E-state index >= 15 is 0 Å². The van der Waals surface area contributed by atoms with Crippen LogP contribution in [0.5, 0.6) is 5.75 Å². The Morgan fingerprint density at radius 2 is 2.05 bits per heavy atom. The molecule has 0 N–H and O–H groups in total. The third-order valence-electron chi connectivity index (χ3n) is 2.54. The van der Waals surface area contributed by atoms with Crippen molar-refractivity contribution in [3.8, 4) is 5.75 Å². The first-order valence-corrected chi connectivity index (χ1v) is 8.00. The van der Waals surface area contributed by atoms with Crippen LogP contribution in [0.25, 0.3) is 0 Å². The standard InChI is InChI=1S/C14H15O3PS/c1-2-16-18(15,13-10-6-7-11-14(13)19)17-12-8-4-3-5-9-12/h3-10H,2,11H2,1H3. The van der Waals surface area contributed by atoms with Gasteiger partial charge in [-0.05, 0) is 25.1 Å². The summed E-state index contributed by atoms with van der Waals surface area (Å²) in [5.74, 6) is 0.512. The van der Waals surface area contributed by atoms with E-state index in [1.165, 1.54) is 0 Å². The predicted octanol–water partition coefficient (Wildman–Crippen LogP) is 4.51. The maximum absolute atomic E-state index is 12.9. The van der Waals surface area contributed by atoms with Gasteiger partial charge in [-0.1, -0.05) is 42.6 Å². The van der Waals surface area contributed by atoms with Crippen LogP contribution in [-0.4, -0.2) is 11.5 Å². The van der Waals surface area contributed by atoms with Crippen molar-refractivity contribution in [2.45, 2.75) is 13.3 Å². The number of thiocarbonyl (C=S) groups is 1. The van der Waals surface area contributed by atoms with Gasteiger partial charge in [0, 0.05) is 11.3 Å². The Kier molecular flexibility index (Phi) is 4.70. The lowest BCUT2D eigenvalue weighted by molar-refractivity contribution is 0.287. The summed E-state index contributed by atoms with van der Waals surface area (Å²) in [6.07, 6.45) is 6.05. The second kappa shape index (κ2) is 6.29. The molecule has 2 rings (SSSR count). The maximum Gasteiger partial charge on any atom is 0.411 e. The van der Waals surface area contributed by atoms with Crippen LogP contribution < -0.4 is 4.52 Å². The maximum atomic E-state index is 12.9. The summed E-state index contributed by atoms with van der Waals surface area (Å²) in [6.45, 7) is 2.08. The van der Waals surface area contributed by atoms with Gasteiger partial charge in [0.25, 0.3) is 0 Å². The van der Waals surface area contributed by atoms with E-state index in [9.17, 15) is 4.57 Å². The third kappa shape index (κ3) is 3.41. The Morgan fingerprint density at radius 3 is 2.68 bits per heavy atom. The largest absolute Gasteiger partial charge is 0.421 e. The number of para-hydroxylation sites is 1. The van der Waals surface area contributed by atoms with E-state index in [0.717, 1.165) is 0 Å². The topological polar surface area (TPSA) is 35.5 Å². The van der Waals surface area contributed by atoms with Crippen LogP contribution in [0.1, 0.15) is 13.3 Å². The number of rotatable bonds is 5. The molecular formula is C14H15O3PS. The molecule has 0 saturated heterocycles. The number of hydrogen-bond donors (Lipinski definition) is 0. The van der Waals surface area contributed by atoms with Crippen molar-refractivity contribution in [2.75, 3.05) is 6.61 Å². The molecule has 0 bridgehead atoms. The molecule has 1 aliphatic rings. The van der Waals surface area contributed by atoms with Crippen LogP contribution in [0.3, 0.4) is 0 Å². The van der Waals surface area contributed by atoms with E-state index < -0.39 is 7.60 Å². The molecule has 100 valence electrons. The summed E-state index contributed by atoms with van der Waals surface area (Å²) in [5, 5.41) is 0.482. The van der Waals surface area contributed by atoms with E-state index in [1.807, 2.05) is 30.4 Å². The molecule has 19 heavy (non-hydrogen) atoms. The second-order valence-corrected chi connectivity index (χ2v) is 6.34. The fourth-order valence-corrected chi connectivity index (χ4v) is 3.91. The average Bonchev–Trinajstić information content (AvgIpc) is 2.40. The van der Waals surface area contributed by atoms with Crippen molar-refractivity contribution in [2.24, 2.45) is 0 Å². The first-order chi connectivity index (χ1) is 9.15. The van der Waals surface area contributed by atoms with E-state index in [4.69, 9.17) is 21.3 Å².